The standard InChI is InChI=1S/C30H43N3O3S2/c1-2-3-4-5-6-7-8-9-10-11-12-13-14-19-24-33-27-21-16-17-22-28(27)37-30(33)32-31-25-26-20-15-18-23-29(26)38(34,35)36/h15-18,20-23,25H,2-14,19,24H2,1H3,(H,34,35,36)/b31-25+,32-30-. The van der Waals surface area contributed by atoms with Crippen LogP contribution < -0.4 is 4.80 Å². The number of rotatable bonds is 18. The summed E-state index contributed by atoms with van der Waals surface area (Å²) in [5.74, 6) is 0. The molecule has 1 N–H and O–H groups in total. The quantitative estimate of drug-likeness (QED) is 0.0738. The summed E-state index contributed by atoms with van der Waals surface area (Å²) >= 11 is 1.57. The number of para-hydroxylation sites is 1. The maximum atomic E-state index is 11.6. The van der Waals surface area contributed by atoms with E-state index >= 15 is 0 Å². The van der Waals surface area contributed by atoms with Gasteiger partial charge in [0.15, 0.2) is 0 Å². The number of unbranched alkanes of at least 4 members (excludes halogenated alkanes) is 13. The Morgan fingerprint density at radius 3 is 1.97 bits per heavy atom. The van der Waals surface area contributed by atoms with Gasteiger partial charge in [0.1, 0.15) is 4.90 Å². The average molecular weight is 558 g/mol. The van der Waals surface area contributed by atoms with Gasteiger partial charge in [0.25, 0.3) is 10.1 Å². The molecule has 0 fully saturated rings. The second kappa shape index (κ2) is 16.6. The fourth-order valence-electron chi connectivity index (χ4n) is 4.74. The van der Waals surface area contributed by atoms with Gasteiger partial charge in [-0.15, -0.1) is 5.10 Å². The predicted molar refractivity (Wildman–Crippen MR) is 160 cm³/mol. The van der Waals surface area contributed by atoms with Gasteiger partial charge < -0.3 is 4.57 Å². The Morgan fingerprint density at radius 1 is 0.789 bits per heavy atom. The summed E-state index contributed by atoms with van der Waals surface area (Å²) in [5, 5.41) is 8.59. The molecule has 3 rings (SSSR count). The van der Waals surface area contributed by atoms with Crippen molar-refractivity contribution in [3.63, 3.8) is 0 Å². The SMILES string of the molecule is CCCCCCCCCCCCCCCCn1/c(=N/N=C/c2ccccc2S(=O)(=O)O)sc2ccccc21. The van der Waals surface area contributed by atoms with Gasteiger partial charge in [-0.05, 0) is 24.6 Å². The molecule has 0 aliphatic carbocycles. The first-order valence-corrected chi connectivity index (χ1v) is 16.5. The first-order chi connectivity index (χ1) is 18.5. The van der Waals surface area contributed by atoms with Crippen molar-refractivity contribution in [3.8, 4) is 0 Å². The van der Waals surface area contributed by atoms with Crippen LogP contribution >= 0.6 is 11.3 Å². The summed E-state index contributed by atoms with van der Waals surface area (Å²) in [6.45, 7) is 3.14. The molecule has 0 unspecified atom stereocenters. The van der Waals surface area contributed by atoms with E-state index in [-0.39, 0.29) is 4.90 Å². The molecule has 6 nitrogen and oxygen atoms in total. The molecule has 38 heavy (non-hydrogen) atoms. The molecule has 0 aliphatic rings. The van der Waals surface area contributed by atoms with Crippen molar-refractivity contribution in [3.05, 3.63) is 58.9 Å². The molecule has 0 saturated heterocycles. The first kappa shape index (κ1) is 30.3. The van der Waals surface area contributed by atoms with Gasteiger partial charge in [-0.2, -0.15) is 13.5 Å². The molecular weight excluding hydrogens is 514 g/mol. The van der Waals surface area contributed by atoms with E-state index in [0.29, 0.717) is 5.56 Å². The number of nitrogens with zero attached hydrogens (tertiary/aromatic N) is 3. The van der Waals surface area contributed by atoms with Crippen molar-refractivity contribution < 1.29 is 13.0 Å². The lowest BCUT2D eigenvalue weighted by Crippen LogP contribution is -2.14. The van der Waals surface area contributed by atoms with Crippen molar-refractivity contribution in [2.24, 2.45) is 10.2 Å². The van der Waals surface area contributed by atoms with E-state index in [1.165, 1.54) is 95.8 Å². The number of benzene rings is 2. The summed E-state index contributed by atoms with van der Waals surface area (Å²) in [4.78, 5) is 0.604. The molecule has 3 aromatic rings. The van der Waals surface area contributed by atoms with Gasteiger partial charge in [0.05, 0.1) is 16.4 Å². The highest BCUT2D eigenvalue weighted by Crippen LogP contribution is 2.19. The van der Waals surface area contributed by atoms with Gasteiger partial charge in [0.2, 0.25) is 4.80 Å². The van der Waals surface area contributed by atoms with Crippen molar-refractivity contribution in [1.29, 1.82) is 0 Å². The first-order valence-electron chi connectivity index (χ1n) is 14.2. The van der Waals surface area contributed by atoms with Gasteiger partial charge in [-0.25, -0.2) is 0 Å². The van der Waals surface area contributed by atoms with Crippen LogP contribution in [0.5, 0.6) is 0 Å². The lowest BCUT2D eigenvalue weighted by molar-refractivity contribution is 0.483. The Hall–Kier alpha value is -2.29. The molecule has 0 saturated carbocycles. The Bertz CT molecular complexity index is 1310. The van der Waals surface area contributed by atoms with E-state index in [9.17, 15) is 13.0 Å². The molecule has 0 radical (unpaired) electrons. The van der Waals surface area contributed by atoms with Crippen LogP contribution in [0.1, 0.15) is 102 Å². The third kappa shape index (κ3) is 10.1. The molecule has 0 aliphatic heterocycles. The lowest BCUT2D eigenvalue weighted by atomic mass is 10.0. The van der Waals surface area contributed by atoms with Gasteiger partial charge in [-0.1, -0.05) is 132 Å². The van der Waals surface area contributed by atoms with Crippen LogP contribution in [-0.4, -0.2) is 23.8 Å². The number of aromatic nitrogens is 1. The normalized spacial score (nSPS) is 12.7. The molecule has 0 spiro atoms. The van der Waals surface area contributed by atoms with Crippen molar-refractivity contribution in [2.75, 3.05) is 0 Å². The molecule has 0 bridgehead atoms. The number of thiazole rings is 1. The maximum Gasteiger partial charge on any atom is 0.295 e. The van der Waals surface area contributed by atoms with Crippen LogP contribution in [0.25, 0.3) is 10.2 Å². The lowest BCUT2D eigenvalue weighted by Gasteiger charge is -2.06. The van der Waals surface area contributed by atoms with E-state index in [0.717, 1.165) is 28.0 Å². The summed E-state index contributed by atoms with van der Waals surface area (Å²) in [6, 6.07) is 14.4. The number of aryl methyl sites for hydroxylation is 1. The van der Waals surface area contributed by atoms with Gasteiger partial charge >= 0.3 is 0 Å². The Balaban J connectivity index is 1.47. The van der Waals surface area contributed by atoms with Crippen molar-refractivity contribution in [2.45, 2.75) is 108 Å². The smallest absolute Gasteiger partial charge is 0.295 e. The predicted octanol–water partition coefficient (Wildman–Crippen LogP) is 8.37. The Labute approximate surface area is 232 Å². The topological polar surface area (TPSA) is 84.0 Å². The van der Waals surface area contributed by atoms with E-state index in [2.05, 4.69) is 33.8 Å². The van der Waals surface area contributed by atoms with Crippen LogP contribution in [0.15, 0.2) is 63.6 Å². The molecular formula is C30H43N3O3S2. The molecule has 0 amide bonds. The summed E-state index contributed by atoms with van der Waals surface area (Å²) < 4.78 is 36.1. The molecule has 0 atom stereocenters. The molecule has 8 heteroatoms. The van der Waals surface area contributed by atoms with E-state index < -0.39 is 10.1 Å². The van der Waals surface area contributed by atoms with Crippen molar-refractivity contribution >= 4 is 37.9 Å². The highest BCUT2D eigenvalue weighted by atomic mass is 32.2. The van der Waals surface area contributed by atoms with Crippen LogP contribution in [0, 0.1) is 0 Å². The van der Waals surface area contributed by atoms with Crippen LogP contribution in [0.3, 0.4) is 0 Å². The van der Waals surface area contributed by atoms with Crippen LogP contribution in [0.4, 0.5) is 0 Å². The van der Waals surface area contributed by atoms with E-state index in [4.69, 9.17) is 0 Å². The highest BCUT2D eigenvalue weighted by Gasteiger charge is 2.13. The zero-order chi connectivity index (χ0) is 27.1. The third-order valence-electron chi connectivity index (χ3n) is 6.86. The Kier molecular flexibility index (Phi) is 13.2. The summed E-state index contributed by atoms with van der Waals surface area (Å²) in [7, 11) is -4.32. The summed E-state index contributed by atoms with van der Waals surface area (Å²) in [5.41, 5.74) is 1.44. The monoisotopic (exact) mass is 557 g/mol. The largest absolute Gasteiger partial charge is 0.315 e. The van der Waals surface area contributed by atoms with Crippen molar-refractivity contribution in [1.82, 2.24) is 4.57 Å². The number of hydrogen-bond acceptors (Lipinski definition) is 5. The second-order valence-corrected chi connectivity index (χ2v) is 12.4. The Morgan fingerprint density at radius 2 is 1.34 bits per heavy atom. The minimum absolute atomic E-state index is 0.175. The van der Waals surface area contributed by atoms with Crippen LogP contribution in [0.2, 0.25) is 0 Å². The molecule has 2 aromatic carbocycles. The zero-order valence-corrected chi connectivity index (χ0v) is 24.4. The molecule has 1 heterocycles. The molecule has 1 aromatic heterocycles. The maximum absolute atomic E-state index is 11.6. The van der Waals surface area contributed by atoms with Crippen LogP contribution in [-0.2, 0) is 16.7 Å². The fraction of sp³-hybridized carbons (Fsp3) is 0.533. The zero-order valence-electron chi connectivity index (χ0n) is 22.7. The summed E-state index contributed by atoms with van der Waals surface area (Å²) in [6.07, 6.45) is 20.0. The minimum Gasteiger partial charge on any atom is -0.315 e. The third-order valence-corrected chi connectivity index (χ3v) is 8.84. The number of fused-ring (bicyclic) bond motifs is 1. The van der Waals surface area contributed by atoms with Gasteiger partial charge in [0, 0.05) is 12.1 Å². The minimum atomic E-state index is -4.32. The molecule has 208 valence electrons. The average Bonchev–Trinajstić information content (AvgIpc) is 3.26. The van der Waals surface area contributed by atoms with Gasteiger partial charge in [-0.3, -0.25) is 4.55 Å². The van der Waals surface area contributed by atoms with E-state index in [1.807, 2.05) is 12.1 Å². The fourth-order valence-corrected chi connectivity index (χ4v) is 6.42. The highest BCUT2D eigenvalue weighted by molar-refractivity contribution is 7.86. The number of hydrogen-bond donors (Lipinski definition) is 1. The van der Waals surface area contributed by atoms with E-state index in [1.54, 1.807) is 29.5 Å². The second-order valence-electron chi connectivity index (χ2n) is 9.96.